The fraction of sp³-hybridized carbons (Fsp3) is 0.500. The van der Waals surface area contributed by atoms with Gasteiger partial charge in [0.15, 0.2) is 10.9 Å². The Labute approximate surface area is 173 Å². The lowest BCUT2D eigenvalue weighted by Gasteiger charge is -2.35. The van der Waals surface area contributed by atoms with Crippen LogP contribution >= 0.6 is 11.8 Å². The van der Waals surface area contributed by atoms with Crippen LogP contribution in [0.3, 0.4) is 0 Å². The summed E-state index contributed by atoms with van der Waals surface area (Å²) in [7, 11) is 0. The Hall–Kier alpha value is -2.55. The van der Waals surface area contributed by atoms with E-state index in [2.05, 4.69) is 9.97 Å². The number of thioether (sulfide) groups is 1. The first-order valence-electron chi connectivity index (χ1n) is 9.88. The zero-order chi connectivity index (χ0) is 20.2. The molecule has 9 heteroatoms. The summed E-state index contributed by atoms with van der Waals surface area (Å²) in [6.07, 6.45) is 5.45. The van der Waals surface area contributed by atoms with Gasteiger partial charge in [0.2, 0.25) is 5.91 Å². The molecule has 0 spiro atoms. The third-order valence-electron chi connectivity index (χ3n) is 5.35. The Morgan fingerprint density at radius 2 is 2.14 bits per heavy atom. The molecule has 1 unspecified atom stereocenters. The summed E-state index contributed by atoms with van der Waals surface area (Å²) >= 11 is 1.32. The van der Waals surface area contributed by atoms with Crippen molar-refractivity contribution in [2.75, 3.05) is 25.4 Å². The summed E-state index contributed by atoms with van der Waals surface area (Å²) in [6, 6.07) is 5.58. The number of rotatable bonds is 6. The van der Waals surface area contributed by atoms with Crippen LogP contribution in [0.2, 0.25) is 0 Å². The number of ether oxygens (including phenoxy) is 1. The molecule has 0 aliphatic carbocycles. The highest BCUT2D eigenvalue weighted by Gasteiger charge is 2.37. The molecular formula is C20H24N4O4S. The molecule has 2 fully saturated rings. The molecule has 0 bridgehead atoms. The molecule has 2 saturated heterocycles. The number of cyclic esters (lactones) is 1. The second-order valence-electron chi connectivity index (χ2n) is 7.17. The smallest absolute Gasteiger partial charge is 0.410 e. The van der Waals surface area contributed by atoms with Gasteiger partial charge >= 0.3 is 6.09 Å². The highest BCUT2D eigenvalue weighted by Crippen LogP contribution is 2.25. The second-order valence-corrected chi connectivity index (χ2v) is 8.11. The van der Waals surface area contributed by atoms with E-state index in [0.29, 0.717) is 36.2 Å². The van der Waals surface area contributed by atoms with E-state index < -0.39 is 0 Å². The van der Waals surface area contributed by atoms with Gasteiger partial charge in [-0.3, -0.25) is 4.79 Å². The van der Waals surface area contributed by atoms with Crippen molar-refractivity contribution in [3.05, 3.63) is 30.7 Å². The summed E-state index contributed by atoms with van der Waals surface area (Å²) in [5.41, 5.74) is 0.698. The van der Waals surface area contributed by atoms with Crippen LogP contribution in [0.5, 0.6) is 0 Å². The van der Waals surface area contributed by atoms with Crippen molar-refractivity contribution in [3.63, 3.8) is 0 Å². The molecule has 0 saturated carbocycles. The average Bonchev–Trinajstić information content (AvgIpc) is 3.42. The number of amides is 2. The summed E-state index contributed by atoms with van der Waals surface area (Å²) in [5, 5.41) is 0.549. The number of furan rings is 1. The van der Waals surface area contributed by atoms with E-state index in [-0.39, 0.29) is 29.9 Å². The lowest BCUT2D eigenvalue weighted by Crippen LogP contribution is -2.47. The molecule has 8 nitrogen and oxygen atoms in total. The van der Waals surface area contributed by atoms with Gasteiger partial charge in [0.05, 0.1) is 18.6 Å². The highest BCUT2D eigenvalue weighted by molar-refractivity contribution is 7.99. The van der Waals surface area contributed by atoms with Crippen molar-refractivity contribution in [3.8, 4) is 11.5 Å². The number of likely N-dealkylation sites (tertiary alicyclic amines) is 1. The van der Waals surface area contributed by atoms with Gasteiger partial charge in [0.1, 0.15) is 11.8 Å². The van der Waals surface area contributed by atoms with E-state index in [0.717, 1.165) is 19.3 Å². The van der Waals surface area contributed by atoms with Gasteiger partial charge in [-0.15, -0.1) is 0 Å². The molecule has 0 aromatic carbocycles. The Balaban J connectivity index is 1.26. The van der Waals surface area contributed by atoms with E-state index >= 15 is 0 Å². The highest BCUT2D eigenvalue weighted by atomic mass is 32.2. The summed E-state index contributed by atoms with van der Waals surface area (Å²) in [4.78, 5) is 37.0. The van der Waals surface area contributed by atoms with E-state index in [1.807, 2.05) is 28.9 Å². The van der Waals surface area contributed by atoms with Crippen LogP contribution in [0.4, 0.5) is 4.79 Å². The Morgan fingerprint density at radius 3 is 2.83 bits per heavy atom. The molecule has 4 heterocycles. The number of carbonyl (C=O) groups excluding carboxylic acids is 2. The molecule has 2 aliphatic heterocycles. The monoisotopic (exact) mass is 416 g/mol. The minimum absolute atomic E-state index is 0.00416. The van der Waals surface area contributed by atoms with Gasteiger partial charge in [-0.1, -0.05) is 18.7 Å². The fourth-order valence-electron chi connectivity index (χ4n) is 3.67. The van der Waals surface area contributed by atoms with Gasteiger partial charge in [-0.05, 0) is 37.5 Å². The van der Waals surface area contributed by atoms with Crippen molar-refractivity contribution in [1.29, 1.82) is 0 Å². The zero-order valence-corrected chi connectivity index (χ0v) is 17.1. The van der Waals surface area contributed by atoms with E-state index in [9.17, 15) is 9.59 Å². The van der Waals surface area contributed by atoms with Gasteiger partial charge in [0, 0.05) is 25.3 Å². The van der Waals surface area contributed by atoms with Crippen LogP contribution in [-0.4, -0.2) is 69.3 Å². The predicted octanol–water partition coefficient (Wildman–Crippen LogP) is 3.05. The summed E-state index contributed by atoms with van der Waals surface area (Å²) < 4.78 is 10.7. The third kappa shape index (κ3) is 4.55. The first-order valence-corrected chi connectivity index (χ1v) is 10.9. The molecule has 0 N–H and O–H groups in total. The molecule has 2 aromatic heterocycles. The molecule has 0 radical (unpaired) electrons. The first kappa shape index (κ1) is 19.8. The zero-order valence-electron chi connectivity index (χ0n) is 16.3. The summed E-state index contributed by atoms with van der Waals surface area (Å²) in [5.74, 6) is 1.03. The number of hydrogen-bond acceptors (Lipinski definition) is 7. The van der Waals surface area contributed by atoms with Crippen LogP contribution in [0, 0.1) is 0 Å². The number of aromatic nitrogens is 2. The minimum atomic E-state index is -0.217. The SMILES string of the molecule is CCC1CN(C2CCN(C(=O)CSc3nccc(-c4ccco4)n3)CC2)C(=O)O1. The van der Waals surface area contributed by atoms with E-state index in [1.54, 1.807) is 18.5 Å². The van der Waals surface area contributed by atoms with E-state index in [4.69, 9.17) is 9.15 Å². The average molecular weight is 417 g/mol. The quantitative estimate of drug-likeness (QED) is 0.528. The minimum Gasteiger partial charge on any atom is -0.463 e. The van der Waals surface area contributed by atoms with Crippen molar-refractivity contribution in [2.24, 2.45) is 0 Å². The molecular weight excluding hydrogens is 392 g/mol. The second kappa shape index (κ2) is 8.86. The van der Waals surface area contributed by atoms with Crippen LogP contribution in [-0.2, 0) is 9.53 Å². The van der Waals surface area contributed by atoms with Crippen LogP contribution < -0.4 is 0 Å². The van der Waals surface area contributed by atoms with Crippen LogP contribution in [0.25, 0.3) is 11.5 Å². The van der Waals surface area contributed by atoms with Crippen molar-refractivity contribution >= 4 is 23.8 Å². The van der Waals surface area contributed by atoms with Gasteiger partial charge in [-0.2, -0.15) is 0 Å². The van der Waals surface area contributed by atoms with Crippen molar-refractivity contribution in [2.45, 2.75) is 43.5 Å². The van der Waals surface area contributed by atoms with Crippen molar-refractivity contribution in [1.82, 2.24) is 19.8 Å². The topological polar surface area (TPSA) is 88.8 Å². The van der Waals surface area contributed by atoms with Crippen LogP contribution in [0.1, 0.15) is 26.2 Å². The molecule has 2 aromatic rings. The van der Waals surface area contributed by atoms with Crippen molar-refractivity contribution < 1.29 is 18.7 Å². The molecule has 2 aliphatic rings. The number of hydrogen-bond donors (Lipinski definition) is 0. The summed E-state index contributed by atoms with van der Waals surface area (Å²) in [6.45, 7) is 3.98. The maximum absolute atomic E-state index is 12.6. The van der Waals surface area contributed by atoms with Crippen LogP contribution in [0.15, 0.2) is 40.2 Å². The number of nitrogens with zero attached hydrogens (tertiary/aromatic N) is 4. The Bertz CT molecular complexity index is 852. The lowest BCUT2D eigenvalue weighted by molar-refractivity contribution is -0.129. The maximum atomic E-state index is 12.6. The number of carbonyl (C=O) groups is 2. The normalized spacial score (nSPS) is 20.2. The predicted molar refractivity (Wildman–Crippen MR) is 107 cm³/mol. The number of piperidine rings is 1. The van der Waals surface area contributed by atoms with Gasteiger partial charge < -0.3 is 19.0 Å². The molecule has 4 rings (SSSR count). The Kier molecular flexibility index (Phi) is 6.03. The largest absolute Gasteiger partial charge is 0.463 e. The van der Waals surface area contributed by atoms with E-state index in [1.165, 1.54) is 11.8 Å². The fourth-order valence-corrected chi connectivity index (χ4v) is 4.40. The molecule has 1 atom stereocenters. The van der Waals surface area contributed by atoms with Gasteiger partial charge in [0.25, 0.3) is 0 Å². The molecule has 29 heavy (non-hydrogen) atoms. The maximum Gasteiger partial charge on any atom is 0.410 e. The molecule has 2 amide bonds. The lowest BCUT2D eigenvalue weighted by atomic mass is 10.0. The Morgan fingerprint density at radius 1 is 1.31 bits per heavy atom. The standard InChI is InChI=1S/C20H24N4O4S/c1-2-15-12-24(20(26)28-15)14-6-9-23(10-7-14)18(25)13-29-19-21-8-5-16(22-19)17-4-3-11-27-17/h3-5,8,11,14-15H,2,6-7,9-10,12-13H2,1H3. The van der Waals surface area contributed by atoms with Gasteiger partial charge in [-0.25, -0.2) is 14.8 Å². The molecule has 154 valence electrons. The third-order valence-corrected chi connectivity index (χ3v) is 6.19. The first-order chi connectivity index (χ1) is 14.1.